The third kappa shape index (κ3) is 5.66. The molecule has 0 aliphatic carbocycles. The Morgan fingerprint density at radius 3 is 2.54 bits per heavy atom. The highest BCUT2D eigenvalue weighted by atomic mass is 16.6. The molecule has 2 heterocycles. The number of dihydropyridines is 1. The molecule has 11 heteroatoms. The highest BCUT2D eigenvalue weighted by molar-refractivity contribution is 5.99. The predicted octanol–water partition coefficient (Wildman–Crippen LogP) is 4.34. The van der Waals surface area contributed by atoms with Gasteiger partial charge in [-0.3, -0.25) is 10.1 Å². The van der Waals surface area contributed by atoms with E-state index in [1.54, 1.807) is 39.8 Å². The number of non-ortho nitro benzene ring substituents is 1. The van der Waals surface area contributed by atoms with Gasteiger partial charge in [-0.15, -0.1) is 0 Å². The number of fused-ring (bicyclic) bond motifs is 1. The number of nitrogens with one attached hydrogen (secondary N) is 1. The summed E-state index contributed by atoms with van der Waals surface area (Å²) in [5.74, 6) is -2.95. The van der Waals surface area contributed by atoms with Crippen molar-refractivity contribution >= 4 is 28.6 Å². The molecule has 39 heavy (non-hydrogen) atoms. The van der Waals surface area contributed by atoms with E-state index in [-0.39, 0.29) is 34.7 Å². The molecule has 0 saturated heterocycles. The number of nitro groups is 1. The highest BCUT2D eigenvalue weighted by Gasteiger charge is 2.39. The Balaban J connectivity index is 1.79. The average molecular weight is 535 g/mol. The number of allylic oxidation sites excluding steroid dienone is 1. The fourth-order valence-electron chi connectivity index (χ4n) is 4.51. The number of ether oxygens (including phenoxy) is 2. The van der Waals surface area contributed by atoms with E-state index < -0.39 is 34.5 Å². The number of hydrogen-bond acceptors (Lipinski definition) is 9. The van der Waals surface area contributed by atoms with Crippen molar-refractivity contribution in [2.75, 3.05) is 6.61 Å². The number of nitrogens with zero attached hydrogens (tertiary/aromatic N) is 1. The van der Waals surface area contributed by atoms with Crippen LogP contribution in [0.4, 0.5) is 5.69 Å². The van der Waals surface area contributed by atoms with E-state index in [1.807, 2.05) is 0 Å². The predicted molar refractivity (Wildman–Crippen MR) is 140 cm³/mol. The summed E-state index contributed by atoms with van der Waals surface area (Å²) in [6, 6.07) is 11.8. The largest absolute Gasteiger partial charge is 0.487 e. The standard InChI is InChI=1S/C28H26N2O9/c1-14(2)38-28(34)24-16(4)29-21(13-37-19-8-9-20-15(3)10-23(31)39-22(20)12-19)26(27(32)33)25(24)17-6-5-7-18(11-17)30(35)36/h5-12,14,25,29H,13H2,1-4H3,(H,32,33). The van der Waals surface area contributed by atoms with Gasteiger partial charge in [0, 0.05) is 35.3 Å². The molecule has 0 spiro atoms. The molecule has 202 valence electrons. The highest BCUT2D eigenvalue weighted by Crippen LogP contribution is 2.40. The molecule has 0 amide bonds. The van der Waals surface area contributed by atoms with Gasteiger partial charge in [0.25, 0.3) is 5.69 Å². The van der Waals surface area contributed by atoms with E-state index in [2.05, 4.69) is 5.32 Å². The number of carbonyl (C=O) groups excluding carboxylic acids is 1. The van der Waals surface area contributed by atoms with E-state index in [0.29, 0.717) is 17.0 Å². The number of carbonyl (C=O) groups is 2. The summed E-state index contributed by atoms with van der Waals surface area (Å²) in [5.41, 5.74) is 0.778. The smallest absolute Gasteiger partial charge is 0.337 e. The lowest BCUT2D eigenvalue weighted by Crippen LogP contribution is -2.35. The number of carboxylic acids is 1. The van der Waals surface area contributed by atoms with E-state index >= 15 is 0 Å². The summed E-state index contributed by atoms with van der Waals surface area (Å²) in [7, 11) is 0. The topological polar surface area (TPSA) is 158 Å². The maximum atomic E-state index is 13.1. The van der Waals surface area contributed by atoms with Crippen LogP contribution >= 0.6 is 0 Å². The van der Waals surface area contributed by atoms with Crippen LogP contribution < -0.4 is 15.7 Å². The minimum absolute atomic E-state index is 0.0216. The van der Waals surface area contributed by atoms with Crippen LogP contribution in [0, 0.1) is 17.0 Å². The summed E-state index contributed by atoms with van der Waals surface area (Å²) in [5, 5.41) is 25.4. The first kappa shape index (κ1) is 27.1. The van der Waals surface area contributed by atoms with Crippen molar-refractivity contribution in [2.45, 2.75) is 39.7 Å². The minimum atomic E-state index is -1.35. The van der Waals surface area contributed by atoms with Crippen molar-refractivity contribution in [2.24, 2.45) is 0 Å². The second-order valence-corrected chi connectivity index (χ2v) is 9.30. The number of esters is 1. The quantitative estimate of drug-likeness (QED) is 0.184. The van der Waals surface area contributed by atoms with Gasteiger partial charge in [0.15, 0.2) is 0 Å². The molecule has 0 fully saturated rings. The van der Waals surface area contributed by atoms with Gasteiger partial charge in [0.05, 0.1) is 33.8 Å². The molecule has 0 bridgehead atoms. The first-order valence-electron chi connectivity index (χ1n) is 12.0. The van der Waals surface area contributed by atoms with E-state index in [0.717, 1.165) is 10.9 Å². The number of rotatable bonds is 8. The Kier molecular flexibility index (Phi) is 7.52. The normalized spacial score (nSPS) is 15.4. The fraction of sp³-hybridized carbons (Fsp3) is 0.250. The minimum Gasteiger partial charge on any atom is -0.487 e. The van der Waals surface area contributed by atoms with Crippen molar-refractivity contribution in [3.63, 3.8) is 0 Å². The van der Waals surface area contributed by atoms with Gasteiger partial charge in [-0.2, -0.15) is 0 Å². The molecule has 11 nitrogen and oxygen atoms in total. The monoisotopic (exact) mass is 534 g/mol. The van der Waals surface area contributed by atoms with Gasteiger partial charge in [0.2, 0.25) is 0 Å². The Morgan fingerprint density at radius 1 is 1.13 bits per heavy atom. The van der Waals surface area contributed by atoms with Gasteiger partial charge in [-0.25, -0.2) is 14.4 Å². The van der Waals surface area contributed by atoms with Crippen molar-refractivity contribution in [1.29, 1.82) is 0 Å². The first-order chi connectivity index (χ1) is 18.5. The molecule has 1 unspecified atom stereocenters. The number of aryl methyl sites for hydroxylation is 1. The molecule has 3 aromatic rings. The van der Waals surface area contributed by atoms with E-state index in [4.69, 9.17) is 13.9 Å². The molecule has 1 aliphatic heterocycles. The van der Waals surface area contributed by atoms with Gasteiger partial charge >= 0.3 is 17.6 Å². The van der Waals surface area contributed by atoms with Crippen molar-refractivity contribution in [1.82, 2.24) is 5.32 Å². The second kappa shape index (κ2) is 10.8. The SMILES string of the molecule is CC1=C(C(=O)OC(C)C)C(c2cccc([N+](=O)[O-])c2)C(C(=O)O)=C(COc2ccc3c(C)cc(=O)oc3c2)N1. The average Bonchev–Trinajstić information content (AvgIpc) is 2.85. The fourth-order valence-corrected chi connectivity index (χ4v) is 4.51. The Hall–Kier alpha value is -4.93. The number of aliphatic carboxylic acids is 1. The van der Waals surface area contributed by atoms with Crippen molar-refractivity contribution in [3.8, 4) is 5.75 Å². The third-order valence-corrected chi connectivity index (χ3v) is 6.16. The lowest BCUT2D eigenvalue weighted by Gasteiger charge is -2.31. The van der Waals surface area contributed by atoms with Crippen LogP contribution in [0.3, 0.4) is 0 Å². The summed E-state index contributed by atoms with van der Waals surface area (Å²) >= 11 is 0. The maximum absolute atomic E-state index is 13.1. The Labute approximate surface area is 222 Å². The van der Waals surface area contributed by atoms with Gasteiger partial charge in [-0.05, 0) is 51.0 Å². The zero-order chi connectivity index (χ0) is 28.4. The zero-order valence-corrected chi connectivity index (χ0v) is 21.6. The summed E-state index contributed by atoms with van der Waals surface area (Å²) in [4.78, 5) is 48.4. The molecular weight excluding hydrogens is 508 g/mol. The molecule has 2 aromatic carbocycles. The molecule has 4 rings (SSSR count). The Morgan fingerprint density at radius 2 is 1.87 bits per heavy atom. The van der Waals surface area contributed by atoms with Crippen molar-refractivity contribution in [3.05, 3.63) is 103 Å². The first-order valence-corrected chi connectivity index (χ1v) is 12.0. The summed E-state index contributed by atoms with van der Waals surface area (Å²) in [6.45, 7) is 6.44. The third-order valence-electron chi connectivity index (χ3n) is 6.16. The summed E-state index contributed by atoms with van der Waals surface area (Å²) < 4.78 is 16.5. The van der Waals surface area contributed by atoms with Crippen LogP contribution in [-0.4, -0.2) is 34.7 Å². The molecule has 1 atom stereocenters. The second-order valence-electron chi connectivity index (χ2n) is 9.30. The molecule has 1 aliphatic rings. The maximum Gasteiger partial charge on any atom is 0.337 e. The number of nitro benzene ring substituents is 1. The van der Waals surface area contributed by atoms with Crippen molar-refractivity contribution < 1.29 is 33.5 Å². The molecule has 2 N–H and O–H groups in total. The number of carboxylic acid groups (broad SMARTS) is 1. The van der Waals surface area contributed by atoms with Gasteiger partial charge in [0.1, 0.15) is 17.9 Å². The number of hydrogen-bond donors (Lipinski definition) is 2. The van der Waals surface area contributed by atoms with Crippen LogP contribution in [0.25, 0.3) is 11.0 Å². The molecule has 1 aromatic heterocycles. The number of benzene rings is 2. The molecule has 0 saturated carbocycles. The van der Waals surface area contributed by atoms with E-state index in [9.17, 15) is 29.6 Å². The lowest BCUT2D eigenvalue weighted by molar-refractivity contribution is -0.384. The van der Waals surface area contributed by atoms with Crippen LogP contribution in [0.1, 0.15) is 37.8 Å². The van der Waals surface area contributed by atoms with Crippen LogP contribution in [0.15, 0.2) is 80.3 Å². The van der Waals surface area contributed by atoms with Crippen LogP contribution in [0.2, 0.25) is 0 Å². The van der Waals surface area contributed by atoms with Gasteiger partial charge < -0.3 is 24.3 Å². The van der Waals surface area contributed by atoms with Crippen LogP contribution in [-0.2, 0) is 14.3 Å². The zero-order valence-electron chi connectivity index (χ0n) is 21.6. The van der Waals surface area contributed by atoms with Crippen LogP contribution in [0.5, 0.6) is 5.75 Å². The summed E-state index contributed by atoms with van der Waals surface area (Å²) in [6.07, 6.45) is -0.484. The van der Waals surface area contributed by atoms with Gasteiger partial charge in [-0.1, -0.05) is 12.1 Å². The Bertz CT molecular complexity index is 1610. The molecule has 0 radical (unpaired) electrons. The lowest BCUT2D eigenvalue weighted by atomic mass is 9.80. The van der Waals surface area contributed by atoms with E-state index in [1.165, 1.54) is 36.4 Å². The molecular formula is C28H26N2O9.